The molecule has 1 aromatic carbocycles. The van der Waals surface area contributed by atoms with Crippen molar-refractivity contribution >= 4 is 17.5 Å². The minimum Gasteiger partial charge on any atom is -0.493 e. The van der Waals surface area contributed by atoms with Crippen molar-refractivity contribution in [1.29, 1.82) is 0 Å². The molecule has 0 aromatic heterocycles. The van der Waals surface area contributed by atoms with Crippen molar-refractivity contribution in [1.82, 2.24) is 0 Å². The minimum absolute atomic E-state index is 0.0163. The monoisotopic (exact) mass is 224 g/mol. The van der Waals surface area contributed by atoms with E-state index in [1.54, 1.807) is 0 Å². The molecule has 0 amide bonds. The number of ether oxygens (including phenoxy) is 2. The van der Waals surface area contributed by atoms with E-state index in [0.717, 1.165) is 6.07 Å². The highest BCUT2D eigenvalue weighted by molar-refractivity contribution is 5.65. The van der Waals surface area contributed by atoms with Gasteiger partial charge in [-0.3, -0.25) is 10.1 Å². The van der Waals surface area contributed by atoms with Crippen LogP contribution in [0.1, 0.15) is 0 Å². The summed E-state index contributed by atoms with van der Waals surface area (Å²) in [6.07, 6.45) is 1.29. The maximum atomic E-state index is 10.7. The molecule has 0 fully saturated rings. The fraction of sp³-hybridized carbons (Fsp3) is 0.222. The number of methoxy groups -OCH3 is 2. The second-order valence-electron chi connectivity index (χ2n) is 2.66. The summed E-state index contributed by atoms with van der Waals surface area (Å²) < 4.78 is 9.75. The lowest BCUT2D eigenvalue weighted by atomic mass is 10.2. The van der Waals surface area contributed by atoms with Crippen LogP contribution < -0.4 is 9.47 Å². The van der Waals surface area contributed by atoms with Crippen molar-refractivity contribution in [2.45, 2.75) is 0 Å². The van der Waals surface area contributed by atoms with Crippen LogP contribution in [0.5, 0.6) is 11.5 Å². The first-order valence-corrected chi connectivity index (χ1v) is 4.12. The molecule has 7 nitrogen and oxygen atoms in total. The highest BCUT2D eigenvalue weighted by atomic mass is 16.6. The lowest BCUT2D eigenvalue weighted by molar-refractivity contribution is -0.385. The number of aliphatic imine (C=N–C) groups is 1. The summed E-state index contributed by atoms with van der Waals surface area (Å²) in [6, 6.07) is 2.45. The summed E-state index contributed by atoms with van der Waals surface area (Å²) in [4.78, 5) is 23.5. The number of hydrogen-bond donors (Lipinski definition) is 0. The molecule has 0 spiro atoms. The zero-order chi connectivity index (χ0) is 12.1. The number of nitrogens with zero attached hydrogens (tertiary/aromatic N) is 2. The second kappa shape index (κ2) is 4.90. The van der Waals surface area contributed by atoms with Gasteiger partial charge in [-0.2, -0.15) is 4.99 Å². The first-order chi connectivity index (χ1) is 7.63. The molecule has 0 radical (unpaired) electrons. The van der Waals surface area contributed by atoms with Crippen molar-refractivity contribution in [2.24, 2.45) is 4.99 Å². The molecule has 16 heavy (non-hydrogen) atoms. The average molecular weight is 224 g/mol. The van der Waals surface area contributed by atoms with E-state index in [9.17, 15) is 14.9 Å². The number of nitro groups is 1. The average Bonchev–Trinajstić information content (AvgIpc) is 2.28. The van der Waals surface area contributed by atoms with Crippen molar-refractivity contribution in [3.8, 4) is 11.5 Å². The molecule has 0 aliphatic rings. The standard InChI is InChI=1S/C9H8N2O5/c1-15-8-4-6(10-5-12)3-7(11(13)14)9(8)16-2/h3-4H,1-2H3. The van der Waals surface area contributed by atoms with Crippen LogP contribution in [-0.4, -0.2) is 25.2 Å². The van der Waals surface area contributed by atoms with Crippen LogP contribution in [0.4, 0.5) is 11.4 Å². The Bertz CT molecular complexity index is 465. The minimum atomic E-state index is -0.648. The fourth-order valence-electron chi connectivity index (χ4n) is 1.18. The third-order valence-electron chi connectivity index (χ3n) is 1.82. The number of rotatable bonds is 4. The SMILES string of the molecule is COc1cc(N=C=O)cc([N+](=O)[O-])c1OC. The number of hydrogen-bond acceptors (Lipinski definition) is 6. The maximum Gasteiger partial charge on any atom is 0.317 e. The number of nitro benzene ring substituents is 1. The van der Waals surface area contributed by atoms with Crippen molar-refractivity contribution in [3.05, 3.63) is 22.2 Å². The molecule has 0 saturated heterocycles. The van der Waals surface area contributed by atoms with E-state index in [2.05, 4.69) is 4.99 Å². The summed E-state index contributed by atoms with van der Waals surface area (Å²) in [7, 11) is 2.61. The number of carbonyl (C=O) groups excluding carboxylic acids is 1. The van der Waals surface area contributed by atoms with Crippen LogP contribution in [0.2, 0.25) is 0 Å². The van der Waals surface area contributed by atoms with Crippen LogP contribution in [0.3, 0.4) is 0 Å². The number of benzene rings is 1. The van der Waals surface area contributed by atoms with Gasteiger partial charge in [0.2, 0.25) is 11.8 Å². The molecule has 84 valence electrons. The molecule has 7 heteroatoms. The second-order valence-corrected chi connectivity index (χ2v) is 2.66. The van der Waals surface area contributed by atoms with Crippen molar-refractivity contribution in [2.75, 3.05) is 14.2 Å². The van der Waals surface area contributed by atoms with Gasteiger partial charge in [0.25, 0.3) is 0 Å². The van der Waals surface area contributed by atoms with Crippen molar-refractivity contribution in [3.63, 3.8) is 0 Å². The van der Waals surface area contributed by atoms with E-state index < -0.39 is 4.92 Å². The third kappa shape index (κ3) is 2.15. The molecule has 0 atom stereocenters. The first-order valence-electron chi connectivity index (χ1n) is 4.12. The zero-order valence-electron chi connectivity index (χ0n) is 8.59. The lowest BCUT2D eigenvalue weighted by Crippen LogP contribution is -1.96. The Morgan fingerprint density at radius 2 is 2.06 bits per heavy atom. The van der Waals surface area contributed by atoms with Crippen LogP contribution in [0.25, 0.3) is 0 Å². The van der Waals surface area contributed by atoms with E-state index in [0.29, 0.717) is 0 Å². The molecule has 0 N–H and O–H groups in total. The van der Waals surface area contributed by atoms with E-state index in [-0.39, 0.29) is 22.9 Å². The van der Waals surface area contributed by atoms with Gasteiger partial charge in [-0.15, -0.1) is 0 Å². The normalized spacial score (nSPS) is 9.12. The van der Waals surface area contributed by atoms with Crippen LogP contribution in [0, 0.1) is 10.1 Å². The van der Waals surface area contributed by atoms with E-state index in [1.165, 1.54) is 26.4 Å². The van der Waals surface area contributed by atoms with Gasteiger partial charge in [0.15, 0.2) is 5.75 Å². The van der Waals surface area contributed by atoms with Gasteiger partial charge in [0.1, 0.15) is 0 Å². The molecule has 0 heterocycles. The highest BCUT2D eigenvalue weighted by Gasteiger charge is 2.21. The fourth-order valence-corrected chi connectivity index (χ4v) is 1.18. The summed E-state index contributed by atoms with van der Waals surface area (Å²) in [6.45, 7) is 0. The molecule has 0 unspecified atom stereocenters. The van der Waals surface area contributed by atoms with E-state index in [4.69, 9.17) is 9.47 Å². The van der Waals surface area contributed by atoms with Crippen molar-refractivity contribution < 1.29 is 19.2 Å². The summed E-state index contributed by atoms with van der Waals surface area (Å²) in [5.41, 5.74) is -0.241. The smallest absolute Gasteiger partial charge is 0.317 e. The Kier molecular flexibility index (Phi) is 3.58. The molecule has 1 aromatic rings. The number of isocyanates is 1. The predicted octanol–water partition coefficient (Wildman–Crippen LogP) is 1.58. The van der Waals surface area contributed by atoms with Crippen LogP contribution in [-0.2, 0) is 4.79 Å². The Morgan fingerprint density at radius 1 is 1.38 bits per heavy atom. The Balaban J connectivity index is 3.48. The van der Waals surface area contributed by atoms with Gasteiger partial charge in [-0.25, -0.2) is 4.79 Å². The van der Waals surface area contributed by atoms with E-state index >= 15 is 0 Å². The summed E-state index contributed by atoms with van der Waals surface area (Å²) in [5, 5.41) is 10.7. The topological polar surface area (TPSA) is 91.0 Å². The van der Waals surface area contributed by atoms with Gasteiger partial charge >= 0.3 is 5.69 Å². The Morgan fingerprint density at radius 3 is 2.50 bits per heavy atom. The molecule has 0 bridgehead atoms. The van der Waals surface area contributed by atoms with Gasteiger partial charge in [-0.1, -0.05) is 0 Å². The predicted molar refractivity (Wildman–Crippen MR) is 54.0 cm³/mol. The van der Waals surface area contributed by atoms with Gasteiger partial charge in [-0.05, 0) is 0 Å². The summed E-state index contributed by atoms with van der Waals surface area (Å²) >= 11 is 0. The molecular formula is C9H8N2O5. The highest BCUT2D eigenvalue weighted by Crippen LogP contribution is 2.40. The summed E-state index contributed by atoms with van der Waals surface area (Å²) in [5.74, 6) is 0.114. The third-order valence-corrected chi connectivity index (χ3v) is 1.82. The molecular weight excluding hydrogens is 216 g/mol. The quantitative estimate of drug-likeness (QED) is 0.335. The maximum absolute atomic E-state index is 10.7. The lowest BCUT2D eigenvalue weighted by Gasteiger charge is -2.07. The molecule has 0 aliphatic carbocycles. The zero-order valence-corrected chi connectivity index (χ0v) is 8.59. The first kappa shape index (κ1) is 11.7. The Hall–Kier alpha value is -2.40. The van der Waals surface area contributed by atoms with Crippen LogP contribution >= 0.6 is 0 Å². The molecule has 0 saturated carbocycles. The van der Waals surface area contributed by atoms with Gasteiger partial charge < -0.3 is 9.47 Å². The molecule has 0 aliphatic heterocycles. The Labute approximate surface area is 90.5 Å². The van der Waals surface area contributed by atoms with Gasteiger partial charge in [0, 0.05) is 12.1 Å². The van der Waals surface area contributed by atoms with Gasteiger partial charge in [0.05, 0.1) is 24.8 Å². The van der Waals surface area contributed by atoms with E-state index in [1.807, 2.05) is 0 Å². The largest absolute Gasteiger partial charge is 0.493 e. The molecule has 1 rings (SSSR count). The van der Waals surface area contributed by atoms with Crippen LogP contribution in [0.15, 0.2) is 17.1 Å².